The van der Waals surface area contributed by atoms with E-state index in [1.54, 1.807) is 17.1 Å². The van der Waals surface area contributed by atoms with Gasteiger partial charge in [0, 0.05) is 35.9 Å². The Balaban J connectivity index is 2.33. The van der Waals surface area contributed by atoms with Gasteiger partial charge in [0.05, 0.1) is 21.7 Å². The van der Waals surface area contributed by atoms with Gasteiger partial charge in [-0.25, -0.2) is 0 Å². The van der Waals surface area contributed by atoms with Gasteiger partial charge in [-0.2, -0.15) is 5.10 Å². The maximum atomic E-state index is 10.8. The summed E-state index contributed by atoms with van der Waals surface area (Å²) < 4.78 is 0. The highest BCUT2D eigenvalue weighted by atomic mass is 16.6. The molecule has 0 unspecified atom stereocenters. The molecule has 0 aliphatic rings. The van der Waals surface area contributed by atoms with Crippen molar-refractivity contribution < 1.29 is 15.0 Å². The van der Waals surface area contributed by atoms with Crippen molar-refractivity contribution in [3.05, 3.63) is 68.3 Å². The van der Waals surface area contributed by atoms with Crippen molar-refractivity contribution in [2.75, 3.05) is 5.01 Å². The standard InChI is InChI=1S/C16H16N4O5/c1-11(2)18(13-3-5-14(6-4-13)19(22)23)17-10-12-9-15(20(24)25)7-8-16(12)21/h3-11,21H,1-2H3/b17-10-. The summed E-state index contributed by atoms with van der Waals surface area (Å²) in [5.74, 6) is -0.137. The second-order valence-electron chi connectivity index (χ2n) is 5.46. The molecule has 0 bridgehead atoms. The van der Waals surface area contributed by atoms with Gasteiger partial charge in [0.15, 0.2) is 0 Å². The lowest BCUT2D eigenvalue weighted by molar-refractivity contribution is -0.385. The van der Waals surface area contributed by atoms with Gasteiger partial charge in [0.2, 0.25) is 0 Å². The van der Waals surface area contributed by atoms with Gasteiger partial charge in [-0.3, -0.25) is 25.2 Å². The molecule has 1 N–H and O–H groups in total. The number of phenols is 1. The average Bonchev–Trinajstić information content (AvgIpc) is 2.56. The fourth-order valence-electron chi connectivity index (χ4n) is 2.11. The van der Waals surface area contributed by atoms with Crippen molar-refractivity contribution in [2.24, 2.45) is 5.10 Å². The summed E-state index contributed by atoms with van der Waals surface area (Å²) >= 11 is 0. The number of nitro groups is 2. The van der Waals surface area contributed by atoms with Crippen LogP contribution in [0.1, 0.15) is 19.4 Å². The summed E-state index contributed by atoms with van der Waals surface area (Å²) in [5.41, 5.74) is 0.613. The van der Waals surface area contributed by atoms with Crippen LogP contribution in [0.4, 0.5) is 17.1 Å². The number of hydrogen-bond acceptors (Lipinski definition) is 7. The summed E-state index contributed by atoms with van der Waals surface area (Å²) in [4.78, 5) is 20.5. The van der Waals surface area contributed by atoms with Gasteiger partial charge in [-0.15, -0.1) is 0 Å². The van der Waals surface area contributed by atoms with Crippen LogP contribution in [0.5, 0.6) is 5.75 Å². The Morgan fingerprint density at radius 1 is 1.04 bits per heavy atom. The van der Waals surface area contributed by atoms with E-state index in [9.17, 15) is 25.3 Å². The number of hydrogen-bond donors (Lipinski definition) is 1. The minimum atomic E-state index is -0.562. The van der Waals surface area contributed by atoms with Crippen molar-refractivity contribution in [3.8, 4) is 5.75 Å². The van der Waals surface area contributed by atoms with Crippen molar-refractivity contribution in [2.45, 2.75) is 19.9 Å². The highest BCUT2D eigenvalue weighted by Crippen LogP contribution is 2.24. The number of non-ortho nitro benzene ring substituents is 2. The molecule has 0 saturated carbocycles. The Hall–Kier alpha value is -3.49. The molecular weight excluding hydrogens is 328 g/mol. The van der Waals surface area contributed by atoms with Crippen molar-refractivity contribution in [1.29, 1.82) is 0 Å². The van der Waals surface area contributed by atoms with Gasteiger partial charge in [-0.1, -0.05) is 0 Å². The molecule has 0 radical (unpaired) electrons. The van der Waals surface area contributed by atoms with Crippen LogP contribution in [0.3, 0.4) is 0 Å². The summed E-state index contributed by atoms with van der Waals surface area (Å²) in [6.45, 7) is 3.73. The van der Waals surface area contributed by atoms with Crippen LogP contribution in [-0.4, -0.2) is 27.2 Å². The predicted octanol–water partition coefficient (Wildman–Crippen LogP) is 3.46. The van der Waals surface area contributed by atoms with Gasteiger partial charge in [-0.05, 0) is 32.0 Å². The third-order valence-corrected chi connectivity index (χ3v) is 3.36. The third kappa shape index (κ3) is 4.28. The molecule has 0 fully saturated rings. The van der Waals surface area contributed by atoms with E-state index in [2.05, 4.69) is 5.10 Å². The molecule has 130 valence electrons. The van der Waals surface area contributed by atoms with Crippen LogP contribution in [0, 0.1) is 20.2 Å². The van der Waals surface area contributed by atoms with Gasteiger partial charge in [0.25, 0.3) is 11.4 Å². The summed E-state index contributed by atoms with van der Waals surface area (Å²) in [6, 6.07) is 9.40. The largest absolute Gasteiger partial charge is 0.507 e. The quantitative estimate of drug-likeness (QED) is 0.486. The maximum absolute atomic E-state index is 10.8. The number of aromatic hydroxyl groups is 1. The first kappa shape index (κ1) is 17.9. The molecule has 0 aromatic heterocycles. The molecule has 25 heavy (non-hydrogen) atoms. The zero-order valence-electron chi connectivity index (χ0n) is 13.6. The van der Waals surface area contributed by atoms with E-state index in [0.29, 0.717) is 5.69 Å². The molecular formula is C16H16N4O5. The smallest absolute Gasteiger partial charge is 0.270 e. The normalized spacial score (nSPS) is 11.0. The van der Waals surface area contributed by atoms with Crippen molar-refractivity contribution >= 4 is 23.3 Å². The van der Waals surface area contributed by atoms with Crippen molar-refractivity contribution in [1.82, 2.24) is 0 Å². The van der Waals surface area contributed by atoms with Crippen LogP contribution in [-0.2, 0) is 0 Å². The molecule has 2 rings (SSSR count). The fourth-order valence-corrected chi connectivity index (χ4v) is 2.11. The third-order valence-electron chi connectivity index (χ3n) is 3.36. The summed E-state index contributed by atoms with van der Waals surface area (Å²) in [7, 11) is 0. The average molecular weight is 344 g/mol. The van der Waals surface area contributed by atoms with E-state index in [-0.39, 0.29) is 28.7 Å². The van der Waals surface area contributed by atoms with E-state index in [1.807, 2.05) is 13.8 Å². The Morgan fingerprint density at radius 2 is 1.60 bits per heavy atom. The molecule has 2 aromatic rings. The SMILES string of the molecule is CC(C)N(/N=C\c1cc([N+](=O)[O-])ccc1O)c1ccc([N+](=O)[O-])cc1. The van der Waals surface area contributed by atoms with E-state index in [1.165, 1.54) is 36.5 Å². The molecule has 9 heteroatoms. The van der Waals surface area contributed by atoms with Crippen LogP contribution >= 0.6 is 0 Å². The van der Waals surface area contributed by atoms with Crippen LogP contribution in [0.15, 0.2) is 47.6 Å². The molecule has 0 atom stereocenters. The van der Waals surface area contributed by atoms with E-state index >= 15 is 0 Å². The second-order valence-corrected chi connectivity index (χ2v) is 5.46. The first-order valence-electron chi connectivity index (χ1n) is 7.34. The van der Waals surface area contributed by atoms with Gasteiger partial charge < -0.3 is 5.11 Å². The first-order valence-corrected chi connectivity index (χ1v) is 7.34. The van der Waals surface area contributed by atoms with E-state index in [0.717, 1.165) is 0 Å². The van der Waals surface area contributed by atoms with Crippen molar-refractivity contribution in [3.63, 3.8) is 0 Å². The predicted molar refractivity (Wildman–Crippen MR) is 93.1 cm³/mol. The van der Waals surface area contributed by atoms with Gasteiger partial charge in [0.1, 0.15) is 5.75 Å². The second kappa shape index (κ2) is 7.39. The zero-order chi connectivity index (χ0) is 18.6. The fraction of sp³-hybridized carbons (Fsp3) is 0.188. The Morgan fingerprint density at radius 3 is 2.12 bits per heavy atom. The lowest BCUT2D eigenvalue weighted by Gasteiger charge is -2.23. The van der Waals surface area contributed by atoms with Crippen LogP contribution < -0.4 is 5.01 Å². The Labute approximate surface area is 143 Å². The minimum absolute atomic E-state index is 0.0345. The van der Waals surface area contributed by atoms with Gasteiger partial charge >= 0.3 is 0 Å². The van der Waals surface area contributed by atoms with E-state index < -0.39 is 9.85 Å². The van der Waals surface area contributed by atoms with Crippen LogP contribution in [0.2, 0.25) is 0 Å². The monoisotopic (exact) mass is 344 g/mol. The lowest BCUT2D eigenvalue weighted by atomic mass is 10.2. The molecule has 0 amide bonds. The zero-order valence-corrected chi connectivity index (χ0v) is 13.6. The summed E-state index contributed by atoms with van der Waals surface area (Å²) in [6.07, 6.45) is 1.31. The summed E-state index contributed by atoms with van der Waals surface area (Å²) in [5, 5.41) is 37.2. The number of hydrazone groups is 1. The molecule has 0 aliphatic carbocycles. The molecule has 0 aliphatic heterocycles. The number of benzene rings is 2. The number of nitro benzene ring substituents is 2. The number of nitrogens with zero attached hydrogens (tertiary/aromatic N) is 4. The highest BCUT2D eigenvalue weighted by molar-refractivity contribution is 5.85. The molecule has 2 aromatic carbocycles. The number of phenolic OH excluding ortho intramolecular Hbond substituents is 1. The van der Waals surface area contributed by atoms with E-state index in [4.69, 9.17) is 0 Å². The number of rotatable bonds is 6. The molecule has 9 nitrogen and oxygen atoms in total. The maximum Gasteiger partial charge on any atom is 0.270 e. The minimum Gasteiger partial charge on any atom is -0.507 e. The first-order chi connectivity index (χ1) is 11.8. The topological polar surface area (TPSA) is 122 Å². The highest BCUT2D eigenvalue weighted by Gasteiger charge is 2.13. The van der Waals surface area contributed by atoms with Crippen LogP contribution in [0.25, 0.3) is 0 Å². The molecule has 0 spiro atoms. The lowest BCUT2D eigenvalue weighted by Crippen LogP contribution is -2.25. The molecule has 0 heterocycles. The Kier molecular flexibility index (Phi) is 5.28. The number of anilines is 1. The Bertz CT molecular complexity index is 818. The molecule has 0 saturated heterocycles.